The van der Waals surface area contributed by atoms with Gasteiger partial charge in [-0.3, -0.25) is 0 Å². The summed E-state index contributed by atoms with van der Waals surface area (Å²) < 4.78 is 5.49. The second-order valence-corrected chi connectivity index (χ2v) is 4.68. The number of aromatic carboxylic acids is 1. The van der Waals surface area contributed by atoms with Crippen LogP contribution in [-0.2, 0) is 0 Å². The van der Waals surface area contributed by atoms with Crippen LogP contribution in [0.25, 0.3) is 0 Å². The Hall–Kier alpha value is -1.03. The number of carboxylic acids is 1. The molecule has 0 radical (unpaired) electrons. The molecule has 0 saturated heterocycles. The smallest absolute Gasteiger partial charge is 0.345 e. The molecular weight excluding hydrogens is 188 g/mol. The van der Waals surface area contributed by atoms with Gasteiger partial charge in [0.2, 0.25) is 0 Å². The average molecular weight is 200 g/mol. The Morgan fingerprint density at radius 1 is 1.46 bits per heavy atom. The highest BCUT2D eigenvalue weighted by atomic mass is 32.1. The standard InChI is InChI=1S/C9H12O3S/c1-9(2,3)12-7-5-4-6(13-7)8(10)11/h4-5H,1-3H3,(H,10,11). The molecule has 1 rings (SSSR count). The minimum atomic E-state index is -0.909. The van der Waals surface area contributed by atoms with E-state index in [1.165, 1.54) is 0 Å². The molecule has 0 aliphatic rings. The van der Waals surface area contributed by atoms with Crippen molar-refractivity contribution >= 4 is 17.3 Å². The summed E-state index contributed by atoms with van der Waals surface area (Å²) in [6.07, 6.45) is 0. The second-order valence-electron chi connectivity index (χ2n) is 3.64. The molecule has 3 nitrogen and oxygen atoms in total. The summed E-state index contributed by atoms with van der Waals surface area (Å²) in [4.78, 5) is 10.8. The van der Waals surface area contributed by atoms with Crippen LogP contribution in [0.1, 0.15) is 30.4 Å². The number of rotatable bonds is 2. The summed E-state index contributed by atoms with van der Waals surface area (Å²) in [6.45, 7) is 5.77. The third kappa shape index (κ3) is 3.06. The Kier molecular flexibility index (Phi) is 2.61. The molecule has 1 aromatic rings. The molecule has 72 valence electrons. The van der Waals surface area contributed by atoms with Gasteiger partial charge >= 0.3 is 5.97 Å². The molecule has 1 aromatic heterocycles. The van der Waals surface area contributed by atoms with Gasteiger partial charge in [-0.05, 0) is 32.9 Å². The number of carboxylic acid groups (broad SMARTS) is 1. The van der Waals surface area contributed by atoms with Crippen molar-refractivity contribution in [3.8, 4) is 5.06 Å². The molecule has 0 unspecified atom stereocenters. The maximum absolute atomic E-state index is 10.5. The van der Waals surface area contributed by atoms with Gasteiger partial charge in [0, 0.05) is 0 Å². The van der Waals surface area contributed by atoms with Crippen LogP contribution in [0.5, 0.6) is 5.06 Å². The van der Waals surface area contributed by atoms with Gasteiger partial charge in [-0.2, -0.15) is 0 Å². The lowest BCUT2D eigenvalue weighted by molar-refractivity contribution is 0.0702. The summed E-state index contributed by atoms with van der Waals surface area (Å²) in [5.74, 6) is -0.909. The van der Waals surface area contributed by atoms with Crippen molar-refractivity contribution in [2.45, 2.75) is 26.4 Å². The molecule has 0 aromatic carbocycles. The van der Waals surface area contributed by atoms with E-state index < -0.39 is 5.97 Å². The fraction of sp³-hybridized carbons (Fsp3) is 0.444. The molecule has 0 aliphatic heterocycles. The maximum Gasteiger partial charge on any atom is 0.345 e. The third-order valence-electron chi connectivity index (χ3n) is 1.20. The Labute approximate surface area is 81.0 Å². The first-order chi connectivity index (χ1) is 5.88. The van der Waals surface area contributed by atoms with Gasteiger partial charge in [0.25, 0.3) is 0 Å². The first kappa shape index (κ1) is 10.1. The van der Waals surface area contributed by atoms with E-state index in [0.29, 0.717) is 9.94 Å². The van der Waals surface area contributed by atoms with Crippen LogP contribution in [0.2, 0.25) is 0 Å². The quantitative estimate of drug-likeness (QED) is 0.798. The molecule has 0 spiro atoms. The summed E-state index contributed by atoms with van der Waals surface area (Å²) in [7, 11) is 0. The van der Waals surface area contributed by atoms with Crippen molar-refractivity contribution in [3.63, 3.8) is 0 Å². The molecule has 1 heterocycles. The minimum Gasteiger partial charge on any atom is -0.479 e. The van der Waals surface area contributed by atoms with Crippen molar-refractivity contribution in [1.82, 2.24) is 0 Å². The van der Waals surface area contributed by atoms with Crippen LogP contribution < -0.4 is 4.74 Å². The van der Waals surface area contributed by atoms with Crippen molar-refractivity contribution in [1.29, 1.82) is 0 Å². The predicted molar refractivity (Wildman–Crippen MR) is 51.7 cm³/mol. The highest BCUT2D eigenvalue weighted by Gasteiger charge is 2.14. The Balaban J connectivity index is 2.75. The number of ether oxygens (including phenoxy) is 1. The van der Waals surface area contributed by atoms with E-state index in [1.807, 2.05) is 20.8 Å². The van der Waals surface area contributed by atoms with Gasteiger partial charge < -0.3 is 9.84 Å². The number of hydrogen-bond donors (Lipinski definition) is 1. The number of carbonyl (C=O) groups is 1. The van der Waals surface area contributed by atoms with E-state index in [9.17, 15) is 4.79 Å². The van der Waals surface area contributed by atoms with Crippen molar-refractivity contribution in [3.05, 3.63) is 17.0 Å². The zero-order chi connectivity index (χ0) is 10.1. The third-order valence-corrected chi connectivity index (χ3v) is 2.15. The van der Waals surface area contributed by atoms with Crippen molar-refractivity contribution in [2.24, 2.45) is 0 Å². The highest BCUT2D eigenvalue weighted by Crippen LogP contribution is 2.27. The molecule has 13 heavy (non-hydrogen) atoms. The molecule has 0 saturated carbocycles. The summed E-state index contributed by atoms with van der Waals surface area (Å²) in [5, 5.41) is 9.29. The van der Waals surface area contributed by atoms with Crippen molar-refractivity contribution < 1.29 is 14.6 Å². The largest absolute Gasteiger partial charge is 0.479 e. The summed E-state index contributed by atoms with van der Waals surface area (Å²) in [5.41, 5.74) is -0.277. The average Bonchev–Trinajstić information content (AvgIpc) is 2.31. The first-order valence-electron chi connectivity index (χ1n) is 3.90. The van der Waals surface area contributed by atoms with E-state index in [-0.39, 0.29) is 5.60 Å². The van der Waals surface area contributed by atoms with Gasteiger partial charge in [0.05, 0.1) is 0 Å². The highest BCUT2D eigenvalue weighted by molar-refractivity contribution is 7.15. The molecular formula is C9H12O3S. The zero-order valence-corrected chi connectivity index (χ0v) is 8.64. The molecule has 1 N–H and O–H groups in total. The van der Waals surface area contributed by atoms with Crippen LogP contribution >= 0.6 is 11.3 Å². The van der Waals surface area contributed by atoms with Crippen LogP contribution in [0, 0.1) is 0 Å². The van der Waals surface area contributed by atoms with Gasteiger partial charge in [0.1, 0.15) is 10.5 Å². The molecule has 0 atom stereocenters. The van der Waals surface area contributed by atoms with Gasteiger partial charge in [-0.15, -0.1) is 0 Å². The summed E-state index contributed by atoms with van der Waals surface area (Å²) >= 11 is 1.15. The topological polar surface area (TPSA) is 46.5 Å². The first-order valence-corrected chi connectivity index (χ1v) is 4.72. The predicted octanol–water partition coefficient (Wildman–Crippen LogP) is 2.62. The fourth-order valence-corrected chi connectivity index (χ4v) is 1.66. The number of hydrogen-bond acceptors (Lipinski definition) is 3. The Morgan fingerprint density at radius 3 is 2.46 bits per heavy atom. The van der Waals surface area contributed by atoms with Gasteiger partial charge in [0.15, 0.2) is 5.06 Å². The molecule has 0 amide bonds. The van der Waals surface area contributed by atoms with Gasteiger partial charge in [-0.25, -0.2) is 4.79 Å². The van der Waals surface area contributed by atoms with Crippen LogP contribution in [0.15, 0.2) is 12.1 Å². The van der Waals surface area contributed by atoms with E-state index in [0.717, 1.165) is 11.3 Å². The maximum atomic E-state index is 10.5. The van der Waals surface area contributed by atoms with Crippen LogP contribution in [0.4, 0.5) is 0 Å². The monoisotopic (exact) mass is 200 g/mol. The fourth-order valence-electron chi connectivity index (χ4n) is 0.792. The Morgan fingerprint density at radius 2 is 2.08 bits per heavy atom. The second kappa shape index (κ2) is 3.38. The van der Waals surface area contributed by atoms with E-state index in [1.54, 1.807) is 12.1 Å². The molecule has 0 bridgehead atoms. The van der Waals surface area contributed by atoms with Gasteiger partial charge in [-0.1, -0.05) is 11.3 Å². The zero-order valence-electron chi connectivity index (χ0n) is 7.83. The van der Waals surface area contributed by atoms with Crippen LogP contribution in [-0.4, -0.2) is 16.7 Å². The molecule has 0 aliphatic carbocycles. The molecule has 4 heteroatoms. The van der Waals surface area contributed by atoms with E-state index >= 15 is 0 Å². The molecule has 0 fully saturated rings. The lowest BCUT2D eigenvalue weighted by atomic mass is 10.2. The lowest BCUT2D eigenvalue weighted by Gasteiger charge is -2.19. The lowest BCUT2D eigenvalue weighted by Crippen LogP contribution is -2.22. The number of thiophene rings is 1. The van der Waals surface area contributed by atoms with E-state index in [4.69, 9.17) is 9.84 Å². The summed E-state index contributed by atoms with van der Waals surface area (Å²) in [6, 6.07) is 3.23. The SMILES string of the molecule is CC(C)(C)Oc1ccc(C(=O)O)s1. The van der Waals surface area contributed by atoms with Crippen LogP contribution in [0.3, 0.4) is 0 Å². The Bertz CT molecular complexity index is 309. The minimum absolute atomic E-state index is 0.277. The normalized spacial score (nSPS) is 11.3. The van der Waals surface area contributed by atoms with E-state index in [2.05, 4.69) is 0 Å². The van der Waals surface area contributed by atoms with Crippen molar-refractivity contribution in [2.75, 3.05) is 0 Å².